The maximum Gasteiger partial charge on any atom is 0.246 e. The third-order valence-corrected chi connectivity index (χ3v) is 5.56. The molecule has 1 aliphatic rings. The number of amides is 2. The first-order valence-corrected chi connectivity index (χ1v) is 11.4. The Hall–Kier alpha value is -2.50. The van der Waals surface area contributed by atoms with Crippen LogP contribution in [0, 0.1) is 11.8 Å². The number of carbonyl (C=O) groups is 2. The molecule has 0 N–H and O–H groups in total. The van der Waals surface area contributed by atoms with Crippen molar-refractivity contribution >= 4 is 17.9 Å². The summed E-state index contributed by atoms with van der Waals surface area (Å²) < 4.78 is 11.2. The summed E-state index contributed by atoms with van der Waals surface area (Å²) in [6.07, 6.45) is 6.96. The molecule has 1 aromatic carbocycles. The number of hydrogen-bond donors (Lipinski definition) is 0. The van der Waals surface area contributed by atoms with Crippen molar-refractivity contribution in [2.24, 2.45) is 11.8 Å². The molecule has 0 aromatic heterocycles. The molecule has 1 heterocycles. The Labute approximate surface area is 187 Å². The molecule has 6 heteroatoms. The number of likely N-dealkylation sites (tertiary alicyclic amines) is 1. The lowest BCUT2D eigenvalue weighted by atomic mass is 9.95. The molecular formula is C25H38N2O4. The van der Waals surface area contributed by atoms with Crippen LogP contribution in [0.3, 0.4) is 0 Å². The van der Waals surface area contributed by atoms with Crippen molar-refractivity contribution < 1.29 is 19.1 Å². The Morgan fingerprint density at radius 2 is 1.94 bits per heavy atom. The minimum atomic E-state index is -0.0238. The number of hydrogen-bond acceptors (Lipinski definition) is 4. The Kier molecular flexibility index (Phi) is 9.89. The van der Waals surface area contributed by atoms with Crippen LogP contribution >= 0.6 is 0 Å². The average molecular weight is 431 g/mol. The van der Waals surface area contributed by atoms with Crippen LogP contribution < -0.4 is 9.47 Å². The van der Waals surface area contributed by atoms with E-state index in [0.29, 0.717) is 37.1 Å². The molecule has 172 valence electrons. The molecule has 1 saturated heterocycles. The van der Waals surface area contributed by atoms with Crippen LogP contribution in [0.2, 0.25) is 0 Å². The highest BCUT2D eigenvalue weighted by molar-refractivity contribution is 5.92. The summed E-state index contributed by atoms with van der Waals surface area (Å²) >= 11 is 0. The van der Waals surface area contributed by atoms with E-state index >= 15 is 0 Å². The maximum absolute atomic E-state index is 12.6. The van der Waals surface area contributed by atoms with Gasteiger partial charge in [0.1, 0.15) is 0 Å². The molecule has 6 nitrogen and oxygen atoms in total. The number of nitrogens with zero attached hydrogens (tertiary/aromatic N) is 2. The van der Waals surface area contributed by atoms with E-state index in [-0.39, 0.29) is 17.7 Å². The normalized spacial score (nSPS) is 14.8. The Bertz CT molecular complexity index is 752. The van der Waals surface area contributed by atoms with E-state index in [1.165, 1.54) is 0 Å². The van der Waals surface area contributed by atoms with Crippen LogP contribution in [-0.2, 0) is 9.59 Å². The molecule has 0 spiro atoms. The first kappa shape index (κ1) is 24.8. The molecule has 0 saturated carbocycles. The number of benzene rings is 1. The Balaban J connectivity index is 1.89. The van der Waals surface area contributed by atoms with Crippen molar-refractivity contribution in [1.29, 1.82) is 0 Å². The molecular weight excluding hydrogens is 392 g/mol. The fourth-order valence-electron chi connectivity index (χ4n) is 3.60. The first-order chi connectivity index (χ1) is 14.8. The largest absolute Gasteiger partial charge is 0.493 e. The summed E-state index contributed by atoms with van der Waals surface area (Å²) in [5.41, 5.74) is 0.879. The smallest absolute Gasteiger partial charge is 0.246 e. The van der Waals surface area contributed by atoms with E-state index in [2.05, 4.69) is 20.8 Å². The molecule has 31 heavy (non-hydrogen) atoms. The lowest BCUT2D eigenvalue weighted by molar-refractivity contribution is -0.138. The van der Waals surface area contributed by atoms with Gasteiger partial charge >= 0.3 is 0 Å². The van der Waals surface area contributed by atoms with Crippen molar-refractivity contribution in [3.8, 4) is 11.5 Å². The number of carbonyl (C=O) groups excluding carboxylic acids is 2. The second-order valence-electron chi connectivity index (χ2n) is 8.66. The minimum Gasteiger partial charge on any atom is -0.493 e. The van der Waals surface area contributed by atoms with E-state index in [9.17, 15) is 9.59 Å². The van der Waals surface area contributed by atoms with Crippen LogP contribution in [0.1, 0.15) is 52.0 Å². The van der Waals surface area contributed by atoms with Gasteiger partial charge in [-0.1, -0.05) is 33.3 Å². The average Bonchev–Trinajstić information content (AvgIpc) is 2.79. The standard InChI is InChI=1S/C25H38N2O4/c1-6-7-14-26(4)25(29)21-12-15-27(16-13-21)24(28)11-9-20-8-10-22(23(17-20)30-5)31-18-19(2)3/h8-11,17,19,21H,6-7,12-16,18H2,1-5H3/b11-9+. The van der Waals surface area contributed by atoms with Gasteiger partial charge in [-0.2, -0.15) is 0 Å². The molecule has 0 atom stereocenters. The highest BCUT2D eigenvalue weighted by atomic mass is 16.5. The van der Waals surface area contributed by atoms with Crippen LogP contribution in [-0.4, -0.2) is 62.0 Å². The maximum atomic E-state index is 12.6. The Morgan fingerprint density at radius 1 is 1.23 bits per heavy atom. The topological polar surface area (TPSA) is 59.1 Å². The van der Waals surface area contributed by atoms with Crippen molar-refractivity contribution in [2.75, 3.05) is 40.4 Å². The summed E-state index contributed by atoms with van der Waals surface area (Å²) in [6.45, 7) is 8.98. The lowest BCUT2D eigenvalue weighted by Gasteiger charge is -2.32. The van der Waals surface area contributed by atoms with Crippen molar-refractivity contribution in [3.05, 3.63) is 29.8 Å². The van der Waals surface area contributed by atoms with Crippen molar-refractivity contribution in [3.63, 3.8) is 0 Å². The molecule has 0 unspecified atom stereocenters. The summed E-state index contributed by atoms with van der Waals surface area (Å²) in [5.74, 6) is 2.00. The molecule has 2 rings (SSSR count). The van der Waals surface area contributed by atoms with Gasteiger partial charge < -0.3 is 19.3 Å². The van der Waals surface area contributed by atoms with Crippen LogP contribution in [0.5, 0.6) is 11.5 Å². The zero-order valence-corrected chi connectivity index (χ0v) is 19.7. The van der Waals surface area contributed by atoms with Gasteiger partial charge in [-0.25, -0.2) is 0 Å². The van der Waals surface area contributed by atoms with E-state index in [4.69, 9.17) is 9.47 Å². The molecule has 1 fully saturated rings. The highest BCUT2D eigenvalue weighted by Gasteiger charge is 2.28. The van der Waals surface area contributed by atoms with E-state index < -0.39 is 0 Å². The number of methoxy groups -OCH3 is 1. The minimum absolute atomic E-state index is 0.0238. The van der Waals surface area contributed by atoms with Crippen molar-refractivity contribution in [1.82, 2.24) is 9.80 Å². The zero-order chi connectivity index (χ0) is 22.8. The zero-order valence-electron chi connectivity index (χ0n) is 19.7. The van der Waals surface area contributed by atoms with E-state index in [1.807, 2.05) is 35.0 Å². The van der Waals surface area contributed by atoms with Gasteiger partial charge in [0.2, 0.25) is 11.8 Å². The summed E-state index contributed by atoms with van der Waals surface area (Å²) in [6, 6.07) is 5.66. The van der Waals surface area contributed by atoms with Crippen molar-refractivity contribution in [2.45, 2.75) is 46.5 Å². The SMILES string of the molecule is CCCCN(C)C(=O)C1CCN(C(=O)/C=C/c2ccc(OCC(C)C)c(OC)c2)CC1. The summed E-state index contributed by atoms with van der Waals surface area (Å²) in [7, 11) is 3.49. The highest BCUT2D eigenvalue weighted by Crippen LogP contribution is 2.29. The third-order valence-electron chi connectivity index (χ3n) is 5.56. The van der Waals surface area contributed by atoms with Crippen LogP contribution in [0.25, 0.3) is 6.08 Å². The number of unbranched alkanes of at least 4 members (excludes halogenated alkanes) is 1. The second-order valence-corrected chi connectivity index (χ2v) is 8.66. The third kappa shape index (κ3) is 7.60. The molecule has 1 aliphatic heterocycles. The molecule has 2 amide bonds. The first-order valence-electron chi connectivity index (χ1n) is 11.4. The van der Waals surface area contributed by atoms with Gasteiger partial charge in [-0.15, -0.1) is 0 Å². The van der Waals surface area contributed by atoms with Crippen LogP contribution in [0.4, 0.5) is 0 Å². The van der Waals surface area contributed by atoms with Gasteiger partial charge in [-0.3, -0.25) is 9.59 Å². The van der Waals surface area contributed by atoms with Gasteiger partial charge in [0.05, 0.1) is 13.7 Å². The van der Waals surface area contributed by atoms with Gasteiger partial charge in [0.15, 0.2) is 11.5 Å². The molecule has 0 bridgehead atoms. The number of ether oxygens (including phenoxy) is 2. The molecule has 1 aromatic rings. The Morgan fingerprint density at radius 3 is 2.55 bits per heavy atom. The monoisotopic (exact) mass is 430 g/mol. The van der Waals surface area contributed by atoms with Gasteiger partial charge in [0, 0.05) is 38.7 Å². The lowest BCUT2D eigenvalue weighted by Crippen LogP contribution is -2.43. The second kappa shape index (κ2) is 12.4. The predicted molar refractivity (Wildman–Crippen MR) is 124 cm³/mol. The van der Waals surface area contributed by atoms with Gasteiger partial charge in [0.25, 0.3) is 0 Å². The van der Waals surface area contributed by atoms with E-state index in [0.717, 1.165) is 37.8 Å². The predicted octanol–water partition coefficient (Wildman–Crippen LogP) is 4.24. The molecule has 0 aliphatic carbocycles. The molecule has 0 radical (unpaired) electrons. The van der Waals surface area contributed by atoms with Crippen LogP contribution in [0.15, 0.2) is 24.3 Å². The van der Waals surface area contributed by atoms with E-state index in [1.54, 1.807) is 19.3 Å². The van der Waals surface area contributed by atoms with Gasteiger partial charge in [-0.05, 0) is 49.0 Å². The fraction of sp³-hybridized carbons (Fsp3) is 0.600. The quantitative estimate of drug-likeness (QED) is 0.521. The number of piperidine rings is 1. The fourth-order valence-corrected chi connectivity index (χ4v) is 3.60. The number of rotatable bonds is 10. The summed E-state index contributed by atoms with van der Waals surface area (Å²) in [4.78, 5) is 28.8. The summed E-state index contributed by atoms with van der Waals surface area (Å²) in [5, 5.41) is 0.